The Labute approximate surface area is 97.4 Å². The van der Waals surface area contributed by atoms with Crippen molar-refractivity contribution in [3.63, 3.8) is 0 Å². The van der Waals surface area contributed by atoms with Crippen LogP contribution in [0.5, 0.6) is 0 Å². The van der Waals surface area contributed by atoms with Gasteiger partial charge in [-0.25, -0.2) is 0 Å². The number of hydrogen-bond donors (Lipinski definition) is 2. The molecule has 1 aliphatic heterocycles. The summed E-state index contributed by atoms with van der Waals surface area (Å²) in [7, 11) is 0. The number of carbonyl (C=O) groups is 2. The van der Waals surface area contributed by atoms with Crippen molar-refractivity contribution < 1.29 is 9.59 Å². The molecule has 0 radical (unpaired) electrons. The lowest BCUT2D eigenvalue weighted by Gasteiger charge is -2.23. The van der Waals surface area contributed by atoms with Crippen LogP contribution in [-0.4, -0.2) is 24.3 Å². The number of piperazine rings is 1. The van der Waals surface area contributed by atoms with Crippen LogP contribution in [0.4, 0.5) is 0 Å². The predicted octanol–water partition coefficient (Wildman–Crippen LogP) is 0.923. The molecule has 1 aromatic rings. The molecule has 16 heavy (non-hydrogen) atoms. The van der Waals surface area contributed by atoms with Crippen molar-refractivity contribution in [2.24, 2.45) is 0 Å². The molecule has 1 aromatic heterocycles. The van der Waals surface area contributed by atoms with E-state index in [0.717, 1.165) is 0 Å². The first-order chi connectivity index (χ1) is 7.66. The molecule has 1 saturated heterocycles. The maximum absolute atomic E-state index is 11.7. The van der Waals surface area contributed by atoms with Crippen molar-refractivity contribution in [2.75, 3.05) is 6.54 Å². The van der Waals surface area contributed by atoms with Crippen LogP contribution in [0.15, 0.2) is 29.3 Å². The summed E-state index contributed by atoms with van der Waals surface area (Å²) in [5, 5.41) is 7.54. The number of thiophene rings is 1. The van der Waals surface area contributed by atoms with E-state index in [-0.39, 0.29) is 17.7 Å². The first-order valence-corrected chi connectivity index (χ1v) is 5.89. The number of amides is 1. The van der Waals surface area contributed by atoms with Gasteiger partial charge in [0.05, 0.1) is 4.88 Å². The van der Waals surface area contributed by atoms with E-state index in [1.54, 1.807) is 6.07 Å². The molecule has 4 nitrogen and oxygen atoms in total. The average molecular weight is 236 g/mol. The Morgan fingerprint density at radius 3 is 3.06 bits per heavy atom. The zero-order valence-electron chi connectivity index (χ0n) is 8.82. The van der Waals surface area contributed by atoms with E-state index in [9.17, 15) is 9.59 Å². The molecule has 0 bridgehead atoms. The highest BCUT2D eigenvalue weighted by Gasteiger charge is 2.19. The summed E-state index contributed by atoms with van der Waals surface area (Å²) in [4.78, 5) is 23.9. The molecular weight excluding hydrogens is 224 g/mol. The number of hydrogen-bond acceptors (Lipinski definition) is 4. The zero-order valence-corrected chi connectivity index (χ0v) is 9.64. The summed E-state index contributed by atoms with van der Waals surface area (Å²) in [5.74, 6) is -0.356. The number of nitrogens with one attached hydrogen (secondary N) is 2. The molecule has 2 N–H and O–H groups in total. The quantitative estimate of drug-likeness (QED) is 0.593. The second kappa shape index (κ2) is 4.49. The first kappa shape index (κ1) is 10.9. The Hall–Kier alpha value is -1.62. The lowest BCUT2D eigenvalue weighted by atomic mass is 10.2. The van der Waals surface area contributed by atoms with Gasteiger partial charge in [-0.05, 0) is 18.4 Å². The molecule has 0 aromatic carbocycles. The third-order valence-corrected chi connectivity index (χ3v) is 3.14. The van der Waals surface area contributed by atoms with E-state index in [4.69, 9.17) is 0 Å². The maximum Gasteiger partial charge on any atom is 0.267 e. The summed E-state index contributed by atoms with van der Waals surface area (Å²) in [5.41, 5.74) is 0.344. The van der Waals surface area contributed by atoms with E-state index in [0.29, 0.717) is 17.1 Å². The lowest BCUT2D eigenvalue weighted by Crippen LogP contribution is -2.49. The minimum Gasteiger partial charge on any atom is -0.378 e. The van der Waals surface area contributed by atoms with E-state index < -0.39 is 0 Å². The van der Waals surface area contributed by atoms with E-state index in [1.165, 1.54) is 17.4 Å². The van der Waals surface area contributed by atoms with E-state index >= 15 is 0 Å². The first-order valence-electron chi connectivity index (χ1n) is 5.01. The molecular formula is C11H12N2O2S. The minimum absolute atomic E-state index is 0.0986. The van der Waals surface area contributed by atoms with Crippen LogP contribution in [0.3, 0.4) is 0 Å². The predicted molar refractivity (Wildman–Crippen MR) is 62.3 cm³/mol. The van der Waals surface area contributed by atoms with Crippen molar-refractivity contribution in [1.82, 2.24) is 10.6 Å². The van der Waals surface area contributed by atoms with E-state index in [2.05, 4.69) is 10.6 Å². The van der Waals surface area contributed by atoms with Crippen molar-refractivity contribution in [3.8, 4) is 0 Å². The zero-order chi connectivity index (χ0) is 11.5. The van der Waals surface area contributed by atoms with Gasteiger partial charge in [-0.3, -0.25) is 9.59 Å². The van der Waals surface area contributed by atoms with Crippen LogP contribution in [0, 0.1) is 0 Å². The van der Waals surface area contributed by atoms with Crippen LogP contribution in [0.25, 0.3) is 0 Å². The normalized spacial score (nSPS) is 22.7. The molecule has 0 spiro atoms. The number of allylic oxidation sites excluding steroid dienone is 1. The monoisotopic (exact) mass is 236 g/mol. The Balaban J connectivity index is 2.13. The van der Waals surface area contributed by atoms with Crippen molar-refractivity contribution >= 4 is 23.0 Å². The third kappa shape index (κ3) is 2.30. The van der Waals surface area contributed by atoms with Crippen molar-refractivity contribution in [2.45, 2.75) is 13.0 Å². The molecule has 1 unspecified atom stereocenters. The Kier molecular flexibility index (Phi) is 3.05. The van der Waals surface area contributed by atoms with Gasteiger partial charge in [0.1, 0.15) is 5.70 Å². The van der Waals surface area contributed by atoms with Gasteiger partial charge in [0.2, 0.25) is 0 Å². The molecule has 5 heteroatoms. The number of carbonyl (C=O) groups excluding carboxylic acids is 2. The standard InChI is InChI=1S/C11H12N2O2S/c1-7-6-12-8(11(15)13-7)5-9(14)10-3-2-4-16-10/h2-5,7,12H,6H2,1H3,(H,13,15). The smallest absolute Gasteiger partial charge is 0.267 e. The molecule has 0 aliphatic carbocycles. The number of rotatable bonds is 2. The number of ketones is 1. The highest BCUT2D eigenvalue weighted by molar-refractivity contribution is 7.12. The van der Waals surface area contributed by atoms with Gasteiger partial charge >= 0.3 is 0 Å². The Morgan fingerprint density at radius 1 is 1.62 bits per heavy atom. The van der Waals surface area contributed by atoms with E-state index in [1.807, 2.05) is 18.4 Å². The Bertz CT molecular complexity index is 437. The van der Waals surface area contributed by atoms with Gasteiger partial charge in [0.25, 0.3) is 5.91 Å². The van der Waals surface area contributed by atoms with Gasteiger partial charge in [-0.2, -0.15) is 0 Å². The van der Waals surface area contributed by atoms with Crippen LogP contribution in [0.2, 0.25) is 0 Å². The fourth-order valence-electron chi connectivity index (χ4n) is 1.43. The summed E-state index contributed by atoms with van der Waals surface area (Å²) >= 11 is 1.37. The van der Waals surface area contributed by atoms with Gasteiger partial charge in [-0.15, -0.1) is 11.3 Å². The molecule has 1 fully saturated rings. The second-order valence-corrected chi connectivity index (χ2v) is 4.60. The van der Waals surface area contributed by atoms with Gasteiger partial charge in [0.15, 0.2) is 5.78 Å². The average Bonchev–Trinajstić information content (AvgIpc) is 2.75. The Morgan fingerprint density at radius 2 is 2.44 bits per heavy atom. The second-order valence-electron chi connectivity index (χ2n) is 3.65. The summed E-state index contributed by atoms with van der Waals surface area (Å²) < 4.78 is 0. The highest BCUT2D eigenvalue weighted by atomic mass is 32.1. The maximum atomic E-state index is 11.7. The summed E-state index contributed by atoms with van der Waals surface area (Å²) in [6, 6.07) is 3.65. The fraction of sp³-hybridized carbons (Fsp3) is 0.273. The summed E-state index contributed by atoms with van der Waals surface area (Å²) in [6.07, 6.45) is 1.35. The van der Waals surface area contributed by atoms with Crippen molar-refractivity contribution in [3.05, 3.63) is 34.2 Å². The van der Waals surface area contributed by atoms with Gasteiger partial charge in [-0.1, -0.05) is 6.07 Å². The van der Waals surface area contributed by atoms with Gasteiger partial charge in [0, 0.05) is 18.7 Å². The highest BCUT2D eigenvalue weighted by Crippen LogP contribution is 2.11. The fourth-order valence-corrected chi connectivity index (χ4v) is 2.07. The van der Waals surface area contributed by atoms with Crippen molar-refractivity contribution in [1.29, 1.82) is 0 Å². The molecule has 1 amide bonds. The molecule has 84 valence electrons. The largest absolute Gasteiger partial charge is 0.378 e. The lowest BCUT2D eigenvalue weighted by molar-refractivity contribution is -0.119. The minimum atomic E-state index is -0.219. The van der Waals surface area contributed by atoms with Crippen LogP contribution in [-0.2, 0) is 4.79 Å². The molecule has 0 saturated carbocycles. The van der Waals surface area contributed by atoms with Crippen LogP contribution in [0.1, 0.15) is 16.6 Å². The molecule has 1 atom stereocenters. The topological polar surface area (TPSA) is 58.2 Å². The SMILES string of the molecule is CC1CNC(=CC(=O)c2cccs2)C(=O)N1. The molecule has 2 heterocycles. The summed E-state index contributed by atoms with van der Waals surface area (Å²) in [6.45, 7) is 2.55. The molecule has 1 aliphatic rings. The third-order valence-electron chi connectivity index (χ3n) is 2.26. The van der Waals surface area contributed by atoms with Gasteiger partial charge < -0.3 is 10.6 Å². The molecule has 2 rings (SSSR count). The van der Waals surface area contributed by atoms with Crippen LogP contribution < -0.4 is 10.6 Å². The van der Waals surface area contributed by atoms with Crippen LogP contribution >= 0.6 is 11.3 Å².